The zero-order valence-corrected chi connectivity index (χ0v) is 18.3. The summed E-state index contributed by atoms with van der Waals surface area (Å²) in [6.45, 7) is 1.18. The Hall–Kier alpha value is -4.22. The van der Waals surface area contributed by atoms with Gasteiger partial charge in [0.1, 0.15) is 5.75 Å². The maximum Gasteiger partial charge on any atom is 0.573 e. The van der Waals surface area contributed by atoms with E-state index in [-0.39, 0.29) is 29.4 Å². The highest BCUT2D eigenvalue weighted by atomic mass is 19.4. The molecule has 1 saturated heterocycles. The number of carbonyl (C=O) groups excluding carboxylic acids is 1. The first-order valence-electron chi connectivity index (χ1n) is 10.2. The average molecular weight is 537 g/mol. The van der Waals surface area contributed by atoms with Gasteiger partial charge in [0.25, 0.3) is 0 Å². The number of carboxylic acid groups (broad SMARTS) is 1. The van der Waals surface area contributed by atoms with E-state index in [2.05, 4.69) is 35.9 Å². The van der Waals surface area contributed by atoms with Crippen LogP contribution in [0.4, 0.5) is 26.3 Å². The van der Waals surface area contributed by atoms with Gasteiger partial charge in [-0.15, -0.1) is 28.5 Å². The SMILES string of the molecule is O=C(N[C@H]1CN[C@H](Cn2ccnn2)C1)c1nnc(-c2cccc(OC(F)(F)F)c2)o1.O=C(O)C(F)(F)F. The fraction of sp³-hybridized carbons (Fsp3) is 0.368. The van der Waals surface area contributed by atoms with Crippen molar-refractivity contribution < 1.29 is 50.2 Å². The molecule has 2 aromatic heterocycles. The molecule has 0 unspecified atom stereocenters. The minimum atomic E-state index is -5.08. The topological polar surface area (TPSA) is 157 Å². The summed E-state index contributed by atoms with van der Waals surface area (Å²) in [4.78, 5) is 21.3. The molecule has 0 bridgehead atoms. The van der Waals surface area contributed by atoms with E-state index in [4.69, 9.17) is 14.3 Å². The third kappa shape index (κ3) is 8.44. The Morgan fingerprint density at radius 1 is 1.22 bits per heavy atom. The second-order valence-electron chi connectivity index (χ2n) is 7.43. The highest BCUT2D eigenvalue weighted by molar-refractivity contribution is 5.90. The van der Waals surface area contributed by atoms with Crippen molar-refractivity contribution >= 4 is 11.9 Å². The monoisotopic (exact) mass is 537 g/mol. The molecule has 1 aromatic carbocycles. The van der Waals surface area contributed by atoms with Crippen molar-refractivity contribution in [3.05, 3.63) is 42.5 Å². The van der Waals surface area contributed by atoms with Crippen LogP contribution in [0, 0.1) is 0 Å². The molecule has 0 spiro atoms. The molecule has 0 saturated carbocycles. The van der Waals surface area contributed by atoms with E-state index in [0.717, 1.165) is 12.1 Å². The van der Waals surface area contributed by atoms with Crippen molar-refractivity contribution in [1.29, 1.82) is 0 Å². The third-order valence-corrected chi connectivity index (χ3v) is 4.61. The summed E-state index contributed by atoms with van der Waals surface area (Å²) in [5, 5.41) is 28.3. The van der Waals surface area contributed by atoms with Crippen LogP contribution in [0.5, 0.6) is 5.75 Å². The molecule has 2 atom stereocenters. The van der Waals surface area contributed by atoms with Gasteiger partial charge in [0, 0.05) is 30.4 Å². The van der Waals surface area contributed by atoms with Crippen molar-refractivity contribution in [2.24, 2.45) is 0 Å². The van der Waals surface area contributed by atoms with Crippen molar-refractivity contribution in [3.63, 3.8) is 0 Å². The number of hydrogen-bond donors (Lipinski definition) is 3. The molecule has 18 heteroatoms. The van der Waals surface area contributed by atoms with E-state index in [9.17, 15) is 31.1 Å². The maximum absolute atomic E-state index is 12.4. The molecule has 1 fully saturated rings. The molecule has 1 aliphatic rings. The molecular formula is C19H17F6N7O5. The summed E-state index contributed by atoms with van der Waals surface area (Å²) < 4.78 is 79.7. The van der Waals surface area contributed by atoms with E-state index >= 15 is 0 Å². The standard InChI is InChI=1S/C17H16F3N7O3.C2HF3O2/c18-17(19,20)30-13-3-1-2-10(6-13)15-24-25-16(29-15)14(28)23-11-7-12(21-8-11)9-27-5-4-22-26-27;3-2(4,5)1(6)7/h1-6,11-12,21H,7-9H2,(H,23,28);(H,6,7)/t11-,12+;/m1./s1. The van der Waals surface area contributed by atoms with Crippen LogP contribution < -0.4 is 15.4 Å². The van der Waals surface area contributed by atoms with Gasteiger partial charge < -0.3 is 24.9 Å². The maximum atomic E-state index is 12.4. The summed E-state index contributed by atoms with van der Waals surface area (Å²) in [6.07, 6.45) is -5.89. The lowest BCUT2D eigenvalue weighted by Crippen LogP contribution is -2.36. The zero-order valence-electron chi connectivity index (χ0n) is 18.3. The number of amides is 1. The van der Waals surface area contributed by atoms with Gasteiger partial charge in [0.15, 0.2) is 0 Å². The number of aliphatic carboxylic acids is 1. The van der Waals surface area contributed by atoms with Crippen molar-refractivity contribution in [2.75, 3.05) is 6.54 Å². The Labute approximate surface area is 202 Å². The molecule has 1 aliphatic heterocycles. The number of halogens is 6. The van der Waals surface area contributed by atoms with E-state index in [1.165, 1.54) is 12.1 Å². The number of nitrogens with zero attached hydrogens (tertiary/aromatic N) is 5. The second-order valence-corrected chi connectivity index (χ2v) is 7.43. The molecule has 3 N–H and O–H groups in total. The van der Waals surface area contributed by atoms with E-state index in [1.54, 1.807) is 17.1 Å². The van der Waals surface area contributed by atoms with Gasteiger partial charge in [-0.25, -0.2) is 4.79 Å². The van der Waals surface area contributed by atoms with Crippen LogP contribution in [0.25, 0.3) is 11.5 Å². The Balaban J connectivity index is 0.000000479. The fourth-order valence-electron chi connectivity index (χ4n) is 3.13. The number of alkyl halides is 6. The largest absolute Gasteiger partial charge is 0.573 e. The van der Waals surface area contributed by atoms with E-state index < -0.39 is 30.2 Å². The molecule has 37 heavy (non-hydrogen) atoms. The Bertz CT molecular complexity index is 1200. The first-order chi connectivity index (χ1) is 17.3. The molecule has 0 aliphatic carbocycles. The first-order valence-corrected chi connectivity index (χ1v) is 10.2. The van der Waals surface area contributed by atoms with Gasteiger partial charge in [-0.1, -0.05) is 11.3 Å². The van der Waals surface area contributed by atoms with Crippen LogP contribution in [-0.4, -0.2) is 73.3 Å². The van der Waals surface area contributed by atoms with Crippen LogP contribution >= 0.6 is 0 Å². The van der Waals surface area contributed by atoms with Crippen LogP contribution in [-0.2, 0) is 11.3 Å². The predicted octanol–water partition coefficient (Wildman–Crippen LogP) is 2.02. The number of rotatable bonds is 6. The number of hydrogen-bond acceptors (Lipinski definition) is 9. The van der Waals surface area contributed by atoms with Crippen LogP contribution in [0.1, 0.15) is 17.1 Å². The molecule has 0 radical (unpaired) electrons. The molecule has 200 valence electrons. The fourth-order valence-corrected chi connectivity index (χ4v) is 3.13. The summed E-state index contributed by atoms with van der Waals surface area (Å²) in [5.74, 6) is -4.13. The molecule has 1 amide bonds. The number of carbonyl (C=O) groups is 2. The number of benzene rings is 1. The average Bonchev–Trinajstić information content (AvgIpc) is 3.55. The summed E-state index contributed by atoms with van der Waals surface area (Å²) >= 11 is 0. The van der Waals surface area contributed by atoms with E-state index in [0.29, 0.717) is 19.5 Å². The van der Waals surface area contributed by atoms with Crippen molar-refractivity contribution in [1.82, 2.24) is 35.8 Å². The number of nitrogens with one attached hydrogen (secondary N) is 2. The minimum Gasteiger partial charge on any atom is -0.475 e. The summed E-state index contributed by atoms with van der Waals surface area (Å²) in [5.41, 5.74) is 0.193. The molecule has 3 heterocycles. The van der Waals surface area contributed by atoms with Crippen LogP contribution in [0.15, 0.2) is 41.1 Å². The number of aromatic nitrogens is 5. The molecule has 4 rings (SSSR count). The van der Waals surface area contributed by atoms with Crippen molar-refractivity contribution in [3.8, 4) is 17.2 Å². The van der Waals surface area contributed by atoms with E-state index in [1.807, 2.05) is 0 Å². The first kappa shape index (κ1) is 27.4. The highest BCUT2D eigenvalue weighted by Crippen LogP contribution is 2.27. The summed E-state index contributed by atoms with van der Waals surface area (Å²) in [6, 6.07) is 5.02. The second kappa shape index (κ2) is 11.2. The predicted molar refractivity (Wildman–Crippen MR) is 108 cm³/mol. The smallest absolute Gasteiger partial charge is 0.475 e. The van der Waals surface area contributed by atoms with Gasteiger partial charge in [0.2, 0.25) is 5.89 Å². The van der Waals surface area contributed by atoms with Gasteiger partial charge >= 0.3 is 30.3 Å². The highest BCUT2D eigenvalue weighted by Gasteiger charge is 2.38. The lowest BCUT2D eigenvalue weighted by molar-refractivity contribution is -0.274. The molecule has 3 aromatic rings. The minimum absolute atomic E-state index is 0.0959. The third-order valence-electron chi connectivity index (χ3n) is 4.61. The normalized spacial score (nSPS) is 17.6. The van der Waals surface area contributed by atoms with Crippen molar-refractivity contribution in [2.45, 2.75) is 37.6 Å². The number of ether oxygens (including phenoxy) is 1. The Morgan fingerprint density at radius 3 is 2.57 bits per heavy atom. The van der Waals surface area contributed by atoms with Crippen LogP contribution in [0.2, 0.25) is 0 Å². The van der Waals surface area contributed by atoms with Gasteiger partial charge in [-0.2, -0.15) is 13.2 Å². The Kier molecular flexibility index (Phi) is 8.31. The van der Waals surface area contributed by atoms with Gasteiger partial charge in [-0.3, -0.25) is 9.48 Å². The van der Waals surface area contributed by atoms with Gasteiger partial charge in [-0.05, 0) is 24.6 Å². The summed E-state index contributed by atoms with van der Waals surface area (Å²) in [7, 11) is 0. The Morgan fingerprint density at radius 2 is 1.95 bits per heavy atom. The zero-order chi connectivity index (χ0) is 27.2. The van der Waals surface area contributed by atoms with Gasteiger partial charge in [0.05, 0.1) is 12.7 Å². The molecular weight excluding hydrogens is 520 g/mol. The quantitative estimate of drug-likeness (QED) is 0.398. The molecule has 12 nitrogen and oxygen atoms in total. The lowest BCUT2D eigenvalue weighted by atomic mass is 10.1. The lowest BCUT2D eigenvalue weighted by Gasteiger charge is -2.11. The van der Waals surface area contributed by atoms with Crippen LogP contribution in [0.3, 0.4) is 0 Å². The number of carboxylic acids is 1.